The van der Waals surface area contributed by atoms with Crippen LogP contribution in [-0.4, -0.2) is 58.9 Å². The van der Waals surface area contributed by atoms with E-state index < -0.39 is 5.91 Å². The Morgan fingerprint density at radius 3 is 2.06 bits per heavy atom. The lowest BCUT2D eigenvalue weighted by molar-refractivity contribution is 0.0942. The van der Waals surface area contributed by atoms with Gasteiger partial charge in [0.05, 0.1) is 11.4 Å². The van der Waals surface area contributed by atoms with Crippen molar-refractivity contribution < 1.29 is 18.8 Å². The molecule has 10 nitrogen and oxygen atoms in total. The highest BCUT2D eigenvalue weighted by Crippen LogP contribution is 2.19. The number of aryl methyl sites for hydroxylation is 2. The third-order valence-corrected chi connectivity index (χ3v) is 5.06. The van der Waals surface area contributed by atoms with Crippen molar-refractivity contribution in [2.24, 2.45) is 14.1 Å². The van der Waals surface area contributed by atoms with Crippen LogP contribution < -0.4 is 16.0 Å². The minimum Gasteiger partial charge on any atom is -0.440 e. The monoisotopic (exact) mass is 474 g/mol. The van der Waals surface area contributed by atoms with Crippen molar-refractivity contribution >= 4 is 40.7 Å². The molecule has 0 spiro atoms. The second-order valence-electron chi connectivity index (χ2n) is 7.87. The van der Waals surface area contributed by atoms with E-state index in [1.165, 1.54) is 12.1 Å². The summed E-state index contributed by atoms with van der Waals surface area (Å²) in [5, 5.41) is 8.43. The predicted molar refractivity (Wildman–Crippen MR) is 126 cm³/mol. The Kier molecular flexibility index (Phi) is 7.62. The van der Waals surface area contributed by atoms with Crippen LogP contribution >= 0.6 is 11.6 Å². The number of nitrogens with zero attached hydrogens (tertiary/aromatic N) is 3. The number of aromatic nitrogens is 2. The smallest absolute Gasteiger partial charge is 0.291 e. The highest BCUT2D eigenvalue weighted by Gasteiger charge is 2.18. The highest BCUT2D eigenvalue weighted by molar-refractivity contribution is 6.29. The van der Waals surface area contributed by atoms with Crippen LogP contribution in [0.1, 0.15) is 38.0 Å². The van der Waals surface area contributed by atoms with Gasteiger partial charge < -0.3 is 34.4 Å². The molecule has 0 aliphatic rings. The third-order valence-electron chi connectivity index (χ3n) is 4.86. The second kappa shape index (κ2) is 10.4. The van der Waals surface area contributed by atoms with Gasteiger partial charge >= 0.3 is 0 Å². The van der Waals surface area contributed by atoms with Gasteiger partial charge in [0.25, 0.3) is 17.7 Å². The number of carbonyl (C=O) groups is 3. The Hall–Kier alpha value is -3.50. The molecular weight excluding hydrogens is 448 g/mol. The molecule has 3 heterocycles. The minimum absolute atomic E-state index is 0.0617. The summed E-state index contributed by atoms with van der Waals surface area (Å²) in [5.74, 6) is -1.02. The molecule has 0 aliphatic heterocycles. The first kappa shape index (κ1) is 24.1. The highest BCUT2D eigenvalue weighted by atomic mass is 35.5. The molecule has 176 valence electrons. The molecule has 0 unspecified atom stereocenters. The Morgan fingerprint density at radius 1 is 0.939 bits per heavy atom. The largest absolute Gasteiger partial charge is 0.440 e. The lowest BCUT2D eigenvalue weighted by atomic mass is 10.3. The Labute approximate surface area is 196 Å². The first-order valence-electron chi connectivity index (χ1n) is 10.3. The van der Waals surface area contributed by atoms with Crippen LogP contribution in [0.25, 0.3) is 0 Å². The van der Waals surface area contributed by atoms with Gasteiger partial charge in [0.15, 0.2) is 11.0 Å². The quantitative estimate of drug-likeness (QED) is 0.413. The van der Waals surface area contributed by atoms with Crippen LogP contribution in [0.5, 0.6) is 0 Å². The maximum absolute atomic E-state index is 12.8. The number of amides is 3. The van der Waals surface area contributed by atoms with Crippen LogP contribution in [0, 0.1) is 0 Å². The van der Waals surface area contributed by atoms with Crippen molar-refractivity contribution in [2.45, 2.75) is 6.42 Å². The third kappa shape index (κ3) is 6.27. The lowest BCUT2D eigenvalue weighted by Crippen LogP contribution is -2.28. The molecule has 0 saturated heterocycles. The first-order chi connectivity index (χ1) is 15.6. The van der Waals surface area contributed by atoms with E-state index in [-0.39, 0.29) is 22.8 Å². The zero-order chi connectivity index (χ0) is 24.1. The summed E-state index contributed by atoms with van der Waals surface area (Å²) in [6, 6.07) is 6.09. The molecule has 0 aliphatic carbocycles. The van der Waals surface area contributed by atoms with E-state index in [1.807, 2.05) is 14.1 Å². The Morgan fingerprint density at radius 2 is 1.52 bits per heavy atom. The van der Waals surface area contributed by atoms with Crippen molar-refractivity contribution in [1.82, 2.24) is 19.4 Å². The van der Waals surface area contributed by atoms with Gasteiger partial charge in [0, 0.05) is 33.0 Å². The van der Waals surface area contributed by atoms with E-state index in [4.69, 9.17) is 16.0 Å². The molecule has 3 rings (SSSR count). The molecule has 11 heteroatoms. The van der Waals surface area contributed by atoms with Gasteiger partial charge in [0.1, 0.15) is 11.4 Å². The maximum atomic E-state index is 12.8. The molecular formula is C22H27ClN6O4. The molecule has 0 bridgehead atoms. The number of hydrogen-bond acceptors (Lipinski definition) is 5. The van der Waals surface area contributed by atoms with Gasteiger partial charge in [-0.3, -0.25) is 14.4 Å². The second-order valence-corrected chi connectivity index (χ2v) is 8.25. The minimum atomic E-state index is -0.483. The topological polar surface area (TPSA) is 114 Å². The molecule has 0 radical (unpaired) electrons. The standard InChI is InChI=1S/C22H27ClN6O4/c1-27(2)9-5-8-24-20(30)16-10-14(12-28(16)3)25-21(31)17-11-15(13-29(17)4)26-22(32)18-6-7-19(23)33-18/h6-7,10-13H,5,8-9H2,1-4H3,(H,24,30)(H,25,31)(H,26,32). The Balaban J connectivity index is 1.61. The maximum Gasteiger partial charge on any atom is 0.291 e. The molecule has 3 amide bonds. The van der Waals surface area contributed by atoms with Crippen molar-refractivity contribution in [1.29, 1.82) is 0 Å². The van der Waals surface area contributed by atoms with Gasteiger partial charge in [-0.15, -0.1) is 0 Å². The number of rotatable bonds is 9. The van der Waals surface area contributed by atoms with Gasteiger partial charge in [-0.05, 0) is 62.9 Å². The van der Waals surface area contributed by atoms with E-state index in [2.05, 4.69) is 20.9 Å². The summed E-state index contributed by atoms with van der Waals surface area (Å²) in [7, 11) is 7.38. The molecule has 0 atom stereocenters. The van der Waals surface area contributed by atoms with Crippen LogP contribution in [0.15, 0.2) is 41.1 Å². The summed E-state index contributed by atoms with van der Waals surface area (Å²) in [5.41, 5.74) is 1.66. The molecule has 3 aromatic rings. The van der Waals surface area contributed by atoms with Gasteiger partial charge in [0.2, 0.25) is 0 Å². The van der Waals surface area contributed by atoms with E-state index >= 15 is 0 Å². The summed E-state index contributed by atoms with van der Waals surface area (Å²) in [4.78, 5) is 39.5. The van der Waals surface area contributed by atoms with E-state index in [1.54, 1.807) is 47.8 Å². The zero-order valence-corrected chi connectivity index (χ0v) is 19.7. The summed E-state index contributed by atoms with van der Waals surface area (Å²) < 4.78 is 8.32. The molecule has 0 aromatic carbocycles. The van der Waals surface area contributed by atoms with Crippen LogP contribution in [0.2, 0.25) is 5.22 Å². The van der Waals surface area contributed by atoms with Gasteiger partial charge in [-0.25, -0.2) is 0 Å². The fourth-order valence-electron chi connectivity index (χ4n) is 3.23. The summed E-state index contributed by atoms with van der Waals surface area (Å²) in [6.45, 7) is 1.44. The van der Waals surface area contributed by atoms with Gasteiger partial charge in [-0.1, -0.05) is 0 Å². The average Bonchev–Trinajstić information content (AvgIpc) is 3.43. The molecule has 0 fully saturated rings. The van der Waals surface area contributed by atoms with Crippen LogP contribution in [-0.2, 0) is 14.1 Å². The van der Waals surface area contributed by atoms with Crippen molar-refractivity contribution in [3.63, 3.8) is 0 Å². The van der Waals surface area contributed by atoms with E-state index in [0.717, 1.165) is 13.0 Å². The van der Waals surface area contributed by atoms with Crippen molar-refractivity contribution in [2.75, 3.05) is 37.8 Å². The fourth-order valence-corrected chi connectivity index (χ4v) is 3.38. The zero-order valence-electron chi connectivity index (χ0n) is 18.9. The number of carbonyl (C=O) groups excluding carboxylic acids is 3. The number of anilines is 2. The number of halogens is 1. The summed E-state index contributed by atoms with van der Waals surface area (Å²) >= 11 is 5.70. The SMILES string of the molecule is CN(C)CCCNC(=O)c1cc(NC(=O)c2cc(NC(=O)c3ccc(Cl)o3)cn2C)cn1C. The van der Waals surface area contributed by atoms with E-state index in [0.29, 0.717) is 29.3 Å². The first-order valence-corrected chi connectivity index (χ1v) is 10.7. The Bertz CT molecular complexity index is 1160. The predicted octanol–water partition coefficient (Wildman–Crippen LogP) is 2.80. The van der Waals surface area contributed by atoms with Crippen LogP contribution in [0.3, 0.4) is 0 Å². The molecule has 3 N–H and O–H groups in total. The number of nitrogens with one attached hydrogen (secondary N) is 3. The van der Waals surface area contributed by atoms with Gasteiger partial charge in [-0.2, -0.15) is 0 Å². The van der Waals surface area contributed by atoms with Crippen molar-refractivity contribution in [3.05, 3.63) is 59.0 Å². The molecule has 3 aromatic heterocycles. The number of furan rings is 1. The fraction of sp³-hybridized carbons (Fsp3) is 0.318. The molecule has 33 heavy (non-hydrogen) atoms. The molecule has 0 saturated carbocycles. The van der Waals surface area contributed by atoms with E-state index in [9.17, 15) is 14.4 Å². The average molecular weight is 475 g/mol. The normalized spacial score (nSPS) is 11.0. The lowest BCUT2D eigenvalue weighted by Gasteiger charge is -2.10. The van der Waals surface area contributed by atoms with Crippen LogP contribution in [0.4, 0.5) is 11.4 Å². The summed E-state index contributed by atoms with van der Waals surface area (Å²) in [6.07, 6.45) is 4.11. The van der Waals surface area contributed by atoms with Crippen molar-refractivity contribution in [3.8, 4) is 0 Å². The number of hydrogen-bond donors (Lipinski definition) is 3.